The van der Waals surface area contributed by atoms with Crippen LogP contribution in [0.4, 0.5) is 0 Å². The molecule has 1 aromatic carbocycles. The van der Waals surface area contributed by atoms with Gasteiger partial charge in [-0.25, -0.2) is 0 Å². The van der Waals surface area contributed by atoms with E-state index in [2.05, 4.69) is 30.3 Å². The largest absolute Gasteiger partial charge is 0.384 e. The summed E-state index contributed by atoms with van der Waals surface area (Å²) >= 11 is 5.95. The van der Waals surface area contributed by atoms with Crippen LogP contribution < -0.4 is 5.30 Å². The molecule has 0 unspecified atom stereocenters. The van der Waals surface area contributed by atoms with Gasteiger partial charge in [0.15, 0.2) is 0 Å². The highest BCUT2D eigenvalue weighted by molar-refractivity contribution is 8.18. The molecule has 2 atom stereocenters. The van der Waals surface area contributed by atoms with Gasteiger partial charge in [0.2, 0.25) is 0 Å². The van der Waals surface area contributed by atoms with Gasteiger partial charge in [-0.1, -0.05) is 42.1 Å². The molecule has 0 aromatic heterocycles. The predicted molar refractivity (Wildman–Crippen MR) is 70.1 cm³/mol. The lowest BCUT2D eigenvalue weighted by molar-refractivity contribution is 0.197. The molecule has 0 saturated carbocycles. The number of hydrogen-bond donors (Lipinski definition) is 0. The van der Waals surface area contributed by atoms with E-state index in [0.717, 1.165) is 6.61 Å². The topological polar surface area (TPSA) is 9.23 Å². The molecule has 0 bridgehead atoms. The van der Waals surface area contributed by atoms with Crippen molar-refractivity contribution in [1.82, 2.24) is 0 Å². The minimum Gasteiger partial charge on any atom is -0.384 e. The van der Waals surface area contributed by atoms with Gasteiger partial charge in [-0.05, 0) is 30.3 Å². The third kappa shape index (κ3) is 2.18. The summed E-state index contributed by atoms with van der Waals surface area (Å²) in [5.74, 6) is 0. The lowest BCUT2D eigenvalue weighted by atomic mass is 10.3. The summed E-state index contributed by atoms with van der Waals surface area (Å²) in [7, 11) is 1.78. The molecule has 1 nitrogen and oxygen atoms in total. The van der Waals surface area contributed by atoms with E-state index in [-0.39, 0.29) is 0 Å². The van der Waals surface area contributed by atoms with E-state index in [1.165, 1.54) is 24.3 Å². The smallest absolute Gasteiger partial charge is 0.0540 e. The van der Waals surface area contributed by atoms with Crippen LogP contribution in [0.2, 0.25) is 0 Å². The van der Waals surface area contributed by atoms with E-state index in [4.69, 9.17) is 16.5 Å². The van der Waals surface area contributed by atoms with E-state index >= 15 is 0 Å². The summed E-state index contributed by atoms with van der Waals surface area (Å²) in [6.45, 7) is 0.839. The first-order chi connectivity index (χ1) is 7.27. The molecule has 1 heterocycles. The van der Waals surface area contributed by atoms with Crippen LogP contribution in [0.15, 0.2) is 30.3 Å². The Morgan fingerprint density at radius 1 is 1.40 bits per heavy atom. The van der Waals surface area contributed by atoms with Gasteiger partial charge in [0.05, 0.1) is 6.61 Å². The van der Waals surface area contributed by atoms with Crippen LogP contribution >= 0.6 is 6.04 Å². The fourth-order valence-corrected chi connectivity index (χ4v) is 6.98. The number of benzene rings is 1. The average molecular weight is 240 g/mol. The summed E-state index contributed by atoms with van der Waals surface area (Å²) in [6, 6.07) is 9.33. The molecule has 0 amide bonds. The van der Waals surface area contributed by atoms with Gasteiger partial charge >= 0.3 is 0 Å². The molecule has 0 spiro atoms. The SMILES string of the molecule is COC[C@H]1CCC[P@]1(=S)c1ccccc1. The maximum atomic E-state index is 5.95. The van der Waals surface area contributed by atoms with E-state index in [1.807, 2.05) is 0 Å². The highest BCUT2D eigenvalue weighted by Gasteiger charge is 2.34. The van der Waals surface area contributed by atoms with Crippen LogP contribution in [0.5, 0.6) is 0 Å². The van der Waals surface area contributed by atoms with E-state index in [0.29, 0.717) is 5.66 Å². The van der Waals surface area contributed by atoms with Crippen molar-refractivity contribution in [3.05, 3.63) is 30.3 Å². The Morgan fingerprint density at radius 2 is 2.13 bits per heavy atom. The molecule has 1 fully saturated rings. The number of rotatable bonds is 3. The Labute approximate surface area is 96.8 Å². The Balaban J connectivity index is 2.29. The Bertz CT molecular complexity index is 363. The maximum Gasteiger partial charge on any atom is 0.0540 e. The molecule has 0 aliphatic carbocycles. The number of hydrogen-bond acceptors (Lipinski definition) is 2. The van der Waals surface area contributed by atoms with Gasteiger partial charge in [0.1, 0.15) is 0 Å². The number of methoxy groups -OCH3 is 1. The van der Waals surface area contributed by atoms with Crippen LogP contribution in [0, 0.1) is 0 Å². The van der Waals surface area contributed by atoms with Crippen molar-refractivity contribution in [3.63, 3.8) is 0 Å². The first kappa shape index (κ1) is 11.3. The second-order valence-electron chi connectivity index (χ2n) is 4.11. The van der Waals surface area contributed by atoms with Crippen LogP contribution in [-0.4, -0.2) is 25.5 Å². The normalized spacial score (nSPS) is 30.6. The highest BCUT2D eigenvalue weighted by atomic mass is 32.4. The lowest BCUT2D eigenvalue weighted by Crippen LogP contribution is -2.18. The molecule has 1 aliphatic rings. The summed E-state index contributed by atoms with van der Waals surface area (Å²) < 4.78 is 5.30. The van der Waals surface area contributed by atoms with Crippen molar-refractivity contribution in [1.29, 1.82) is 0 Å². The Kier molecular flexibility index (Phi) is 3.60. The Morgan fingerprint density at radius 3 is 2.80 bits per heavy atom. The van der Waals surface area contributed by atoms with Crippen LogP contribution in [-0.2, 0) is 16.5 Å². The van der Waals surface area contributed by atoms with Crippen LogP contribution in [0.1, 0.15) is 12.8 Å². The second kappa shape index (κ2) is 4.78. The summed E-state index contributed by atoms with van der Waals surface area (Å²) in [4.78, 5) is 0. The van der Waals surface area contributed by atoms with Gasteiger partial charge in [0.25, 0.3) is 0 Å². The second-order valence-corrected chi connectivity index (χ2v) is 9.35. The quantitative estimate of drug-likeness (QED) is 0.751. The molecule has 2 rings (SSSR count). The predicted octanol–water partition coefficient (Wildman–Crippen LogP) is 2.60. The Hall–Kier alpha value is -0.170. The molecule has 0 N–H and O–H groups in total. The third-order valence-electron chi connectivity index (χ3n) is 3.17. The summed E-state index contributed by atoms with van der Waals surface area (Å²) in [5, 5.41) is 1.40. The zero-order valence-corrected chi connectivity index (χ0v) is 10.8. The van der Waals surface area contributed by atoms with Gasteiger partial charge in [0, 0.05) is 12.8 Å². The van der Waals surface area contributed by atoms with Gasteiger partial charge in [-0.15, -0.1) is 0 Å². The molecule has 1 aromatic rings. The first-order valence-electron chi connectivity index (χ1n) is 5.40. The van der Waals surface area contributed by atoms with Crippen molar-refractivity contribution in [2.45, 2.75) is 18.5 Å². The molecule has 82 valence electrons. The molecule has 1 aliphatic heterocycles. The molecule has 3 heteroatoms. The van der Waals surface area contributed by atoms with E-state index in [9.17, 15) is 0 Å². The van der Waals surface area contributed by atoms with Crippen LogP contribution in [0.25, 0.3) is 0 Å². The zero-order valence-electron chi connectivity index (χ0n) is 9.06. The van der Waals surface area contributed by atoms with Gasteiger partial charge < -0.3 is 4.74 Å². The molecular formula is C12H17OPS. The van der Waals surface area contributed by atoms with Crippen molar-refractivity contribution in [2.24, 2.45) is 0 Å². The third-order valence-corrected chi connectivity index (χ3v) is 8.98. The minimum atomic E-state index is -1.34. The molecular weight excluding hydrogens is 223 g/mol. The summed E-state index contributed by atoms with van der Waals surface area (Å²) in [6.07, 6.45) is 3.75. The monoisotopic (exact) mass is 240 g/mol. The van der Waals surface area contributed by atoms with Crippen molar-refractivity contribution < 1.29 is 4.74 Å². The zero-order chi connectivity index (χ0) is 10.7. The van der Waals surface area contributed by atoms with Gasteiger partial charge in [-0.2, -0.15) is 0 Å². The van der Waals surface area contributed by atoms with Crippen molar-refractivity contribution >= 4 is 23.1 Å². The maximum absolute atomic E-state index is 5.95. The first-order valence-corrected chi connectivity index (χ1v) is 8.46. The van der Waals surface area contributed by atoms with Crippen molar-refractivity contribution in [2.75, 3.05) is 19.9 Å². The highest BCUT2D eigenvalue weighted by Crippen LogP contribution is 2.57. The van der Waals surface area contributed by atoms with Crippen molar-refractivity contribution in [3.8, 4) is 0 Å². The lowest BCUT2D eigenvalue weighted by Gasteiger charge is -2.24. The van der Waals surface area contributed by atoms with E-state index < -0.39 is 6.04 Å². The molecule has 0 radical (unpaired) electrons. The standard InChI is InChI=1S/C12H17OPS/c1-13-10-12-8-5-9-14(12,15)11-6-3-2-4-7-11/h2-4,6-7,12H,5,8-10H2,1H3/t12-,14+/m1/s1. The number of ether oxygens (including phenoxy) is 1. The molecule has 1 saturated heterocycles. The summed E-state index contributed by atoms with van der Waals surface area (Å²) in [5.41, 5.74) is 0.611. The van der Waals surface area contributed by atoms with Crippen LogP contribution in [0.3, 0.4) is 0 Å². The van der Waals surface area contributed by atoms with Gasteiger partial charge in [-0.3, -0.25) is 0 Å². The van der Waals surface area contributed by atoms with E-state index in [1.54, 1.807) is 7.11 Å². The average Bonchev–Trinajstić information content (AvgIpc) is 2.64. The fourth-order valence-electron chi connectivity index (χ4n) is 2.37. The fraction of sp³-hybridized carbons (Fsp3) is 0.500. The minimum absolute atomic E-state index is 0.611. The molecule has 15 heavy (non-hydrogen) atoms.